The molecule has 0 aliphatic rings. The highest BCUT2D eigenvalue weighted by molar-refractivity contribution is 8.00. The van der Waals surface area contributed by atoms with Gasteiger partial charge in [0.2, 0.25) is 0 Å². The number of thioether (sulfide) groups is 1. The molecule has 0 radical (unpaired) electrons. The van der Waals surface area contributed by atoms with Gasteiger partial charge in [0.1, 0.15) is 0 Å². The van der Waals surface area contributed by atoms with Crippen molar-refractivity contribution < 1.29 is 9.47 Å². The first-order valence-corrected chi connectivity index (χ1v) is 8.94. The summed E-state index contributed by atoms with van der Waals surface area (Å²) in [7, 11) is 1.67. The SMILES string of the molecule is CCNC(=NCC(C)Sc1ccccc1)NCCOCCOC. The van der Waals surface area contributed by atoms with E-state index in [-0.39, 0.29) is 0 Å². The third-order valence-corrected chi connectivity index (χ3v) is 4.00. The first kappa shape index (κ1) is 19.8. The zero-order chi connectivity index (χ0) is 16.8. The Balaban J connectivity index is 2.29. The average Bonchev–Trinajstić information content (AvgIpc) is 2.56. The molecule has 0 saturated carbocycles. The molecular weight excluding hydrogens is 310 g/mol. The molecule has 0 saturated heterocycles. The third-order valence-electron chi connectivity index (χ3n) is 2.90. The van der Waals surface area contributed by atoms with Crippen molar-refractivity contribution in [2.45, 2.75) is 24.0 Å². The van der Waals surface area contributed by atoms with Gasteiger partial charge in [-0.1, -0.05) is 25.1 Å². The summed E-state index contributed by atoms with van der Waals surface area (Å²) in [5.41, 5.74) is 0. The Labute approximate surface area is 144 Å². The van der Waals surface area contributed by atoms with Gasteiger partial charge >= 0.3 is 0 Å². The molecule has 0 spiro atoms. The molecule has 1 atom stereocenters. The van der Waals surface area contributed by atoms with Crippen LogP contribution in [0.15, 0.2) is 40.2 Å². The molecule has 0 bridgehead atoms. The van der Waals surface area contributed by atoms with E-state index in [9.17, 15) is 0 Å². The highest BCUT2D eigenvalue weighted by atomic mass is 32.2. The largest absolute Gasteiger partial charge is 0.382 e. The minimum atomic E-state index is 0.422. The number of hydrogen-bond acceptors (Lipinski definition) is 4. The fourth-order valence-corrected chi connectivity index (χ4v) is 2.74. The molecule has 1 unspecified atom stereocenters. The van der Waals surface area contributed by atoms with Gasteiger partial charge in [0.15, 0.2) is 5.96 Å². The monoisotopic (exact) mass is 339 g/mol. The number of methoxy groups -OCH3 is 1. The lowest BCUT2D eigenvalue weighted by molar-refractivity contribution is 0.0733. The number of rotatable bonds is 11. The molecule has 0 aliphatic heterocycles. The van der Waals surface area contributed by atoms with Gasteiger partial charge in [-0.15, -0.1) is 11.8 Å². The maximum atomic E-state index is 5.43. The number of aliphatic imine (C=N–C) groups is 1. The van der Waals surface area contributed by atoms with E-state index in [0.717, 1.165) is 25.6 Å². The molecular formula is C17H29N3O2S. The van der Waals surface area contributed by atoms with E-state index < -0.39 is 0 Å². The van der Waals surface area contributed by atoms with Gasteiger partial charge in [-0.05, 0) is 19.1 Å². The Morgan fingerprint density at radius 3 is 2.65 bits per heavy atom. The van der Waals surface area contributed by atoms with Crippen LogP contribution in [0, 0.1) is 0 Å². The predicted molar refractivity (Wildman–Crippen MR) is 98.4 cm³/mol. The van der Waals surface area contributed by atoms with Crippen molar-refractivity contribution in [3.8, 4) is 0 Å². The number of benzene rings is 1. The number of ether oxygens (including phenoxy) is 2. The Morgan fingerprint density at radius 2 is 1.96 bits per heavy atom. The zero-order valence-electron chi connectivity index (χ0n) is 14.4. The summed E-state index contributed by atoms with van der Waals surface area (Å²) < 4.78 is 10.4. The minimum absolute atomic E-state index is 0.422. The first-order valence-electron chi connectivity index (χ1n) is 8.06. The lowest BCUT2D eigenvalue weighted by Crippen LogP contribution is -2.39. The van der Waals surface area contributed by atoms with E-state index >= 15 is 0 Å². The summed E-state index contributed by atoms with van der Waals surface area (Å²) in [5.74, 6) is 0.836. The van der Waals surface area contributed by atoms with E-state index in [0.29, 0.717) is 25.1 Å². The molecule has 0 aliphatic carbocycles. The fraction of sp³-hybridized carbons (Fsp3) is 0.588. The summed E-state index contributed by atoms with van der Waals surface area (Å²) in [5, 5.41) is 6.96. The number of hydrogen-bond donors (Lipinski definition) is 2. The Morgan fingerprint density at radius 1 is 1.17 bits per heavy atom. The van der Waals surface area contributed by atoms with Crippen LogP contribution in [0.3, 0.4) is 0 Å². The number of guanidine groups is 1. The number of nitrogens with zero attached hydrogens (tertiary/aromatic N) is 1. The minimum Gasteiger partial charge on any atom is -0.382 e. The molecule has 130 valence electrons. The van der Waals surface area contributed by atoms with Crippen molar-refractivity contribution in [2.75, 3.05) is 46.6 Å². The summed E-state index contributed by atoms with van der Waals surface area (Å²) in [6.45, 7) is 8.49. The van der Waals surface area contributed by atoms with Gasteiger partial charge in [0, 0.05) is 30.3 Å². The maximum Gasteiger partial charge on any atom is 0.191 e. The molecule has 6 heteroatoms. The molecule has 5 nitrogen and oxygen atoms in total. The van der Waals surface area contributed by atoms with Gasteiger partial charge in [-0.2, -0.15) is 0 Å². The van der Waals surface area contributed by atoms with Crippen LogP contribution in [-0.4, -0.2) is 57.8 Å². The molecule has 1 aromatic rings. The molecule has 0 aromatic heterocycles. The van der Waals surface area contributed by atoms with E-state index in [1.807, 2.05) is 17.8 Å². The molecule has 1 rings (SSSR count). The Bertz CT molecular complexity index is 429. The lowest BCUT2D eigenvalue weighted by atomic mass is 10.4. The summed E-state index contributed by atoms with van der Waals surface area (Å²) in [6.07, 6.45) is 0. The second-order valence-corrected chi connectivity index (χ2v) is 6.50. The van der Waals surface area contributed by atoms with Crippen LogP contribution in [-0.2, 0) is 9.47 Å². The van der Waals surface area contributed by atoms with Crippen LogP contribution >= 0.6 is 11.8 Å². The van der Waals surface area contributed by atoms with Gasteiger partial charge in [-0.3, -0.25) is 4.99 Å². The normalized spacial score (nSPS) is 12.9. The second kappa shape index (κ2) is 13.2. The molecule has 2 N–H and O–H groups in total. The van der Waals surface area contributed by atoms with Gasteiger partial charge in [0.05, 0.1) is 26.4 Å². The molecule has 0 fully saturated rings. The summed E-state index contributed by atoms with van der Waals surface area (Å²) in [6, 6.07) is 10.4. The second-order valence-electron chi connectivity index (χ2n) is 4.99. The zero-order valence-corrected chi connectivity index (χ0v) is 15.2. The smallest absolute Gasteiger partial charge is 0.191 e. The van der Waals surface area contributed by atoms with Crippen LogP contribution < -0.4 is 10.6 Å². The van der Waals surface area contributed by atoms with Crippen LogP contribution in [0.1, 0.15) is 13.8 Å². The standard InChI is InChI=1S/C17H29N3O2S/c1-4-18-17(19-10-11-22-13-12-21-3)20-14-15(2)23-16-8-6-5-7-9-16/h5-9,15H,4,10-14H2,1-3H3,(H2,18,19,20). The summed E-state index contributed by atoms with van der Waals surface area (Å²) in [4.78, 5) is 5.91. The fourth-order valence-electron chi connectivity index (χ4n) is 1.82. The molecule has 1 aromatic carbocycles. The van der Waals surface area contributed by atoms with Crippen molar-refractivity contribution in [1.82, 2.24) is 10.6 Å². The van der Waals surface area contributed by atoms with Crippen molar-refractivity contribution >= 4 is 17.7 Å². The van der Waals surface area contributed by atoms with E-state index in [4.69, 9.17) is 9.47 Å². The molecule has 23 heavy (non-hydrogen) atoms. The van der Waals surface area contributed by atoms with Crippen LogP contribution in [0.4, 0.5) is 0 Å². The first-order chi connectivity index (χ1) is 11.3. The lowest BCUT2D eigenvalue weighted by Gasteiger charge is -2.13. The van der Waals surface area contributed by atoms with E-state index in [1.165, 1.54) is 4.90 Å². The summed E-state index contributed by atoms with van der Waals surface area (Å²) >= 11 is 1.84. The Hall–Kier alpha value is -1.24. The molecule has 0 amide bonds. The van der Waals surface area contributed by atoms with Crippen LogP contribution in [0.5, 0.6) is 0 Å². The van der Waals surface area contributed by atoms with Crippen molar-refractivity contribution in [2.24, 2.45) is 4.99 Å². The van der Waals surface area contributed by atoms with Crippen molar-refractivity contribution in [1.29, 1.82) is 0 Å². The van der Waals surface area contributed by atoms with E-state index in [2.05, 4.69) is 53.7 Å². The number of nitrogens with one attached hydrogen (secondary N) is 2. The van der Waals surface area contributed by atoms with Gasteiger partial charge in [-0.25, -0.2) is 0 Å². The Kier molecular flexibility index (Phi) is 11.4. The van der Waals surface area contributed by atoms with Crippen LogP contribution in [0.2, 0.25) is 0 Å². The van der Waals surface area contributed by atoms with Crippen LogP contribution in [0.25, 0.3) is 0 Å². The van der Waals surface area contributed by atoms with Gasteiger partial charge < -0.3 is 20.1 Å². The van der Waals surface area contributed by atoms with Gasteiger partial charge in [0.25, 0.3) is 0 Å². The highest BCUT2D eigenvalue weighted by Gasteiger charge is 2.04. The third kappa shape index (κ3) is 10.2. The average molecular weight is 340 g/mol. The highest BCUT2D eigenvalue weighted by Crippen LogP contribution is 2.22. The van der Waals surface area contributed by atoms with Crippen molar-refractivity contribution in [3.63, 3.8) is 0 Å². The maximum absolute atomic E-state index is 5.43. The van der Waals surface area contributed by atoms with E-state index in [1.54, 1.807) is 7.11 Å². The quantitative estimate of drug-likeness (QED) is 0.281. The topological polar surface area (TPSA) is 54.9 Å². The van der Waals surface area contributed by atoms with Crippen molar-refractivity contribution in [3.05, 3.63) is 30.3 Å². The molecule has 0 heterocycles. The predicted octanol–water partition coefficient (Wildman–Crippen LogP) is 2.39.